The lowest BCUT2D eigenvalue weighted by Gasteiger charge is -2.39. The number of hydrogen-bond acceptors (Lipinski definition) is 8. The molecule has 1 fully saturated rings. The van der Waals surface area contributed by atoms with Gasteiger partial charge in [0.2, 0.25) is 0 Å². The number of halogens is 1. The summed E-state index contributed by atoms with van der Waals surface area (Å²) in [4.78, 5) is 39.7. The Morgan fingerprint density at radius 2 is 2.05 bits per heavy atom. The lowest BCUT2D eigenvalue weighted by molar-refractivity contribution is 0.0528. The molecular weight excluding hydrogens is 512 g/mol. The number of rotatable bonds is 11. The molecule has 9 nitrogen and oxygen atoms in total. The summed E-state index contributed by atoms with van der Waals surface area (Å²) >= 11 is 7.66. The molecule has 11 heteroatoms. The zero-order valence-electron chi connectivity index (χ0n) is 21.6. The number of fused-ring (bicyclic) bond motifs is 1. The molecule has 1 saturated heterocycles. The minimum absolute atomic E-state index is 0.0298. The Morgan fingerprint density at radius 3 is 2.78 bits per heavy atom. The van der Waals surface area contributed by atoms with Gasteiger partial charge in [0.1, 0.15) is 0 Å². The fourth-order valence-electron chi connectivity index (χ4n) is 4.58. The number of H-pyrrole nitrogens is 1. The van der Waals surface area contributed by atoms with Crippen molar-refractivity contribution in [3.63, 3.8) is 0 Å². The van der Waals surface area contributed by atoms with Crippen molar-refractivity contribution >= 4 is 50.2 Å². The first-order valence-corrected chi connectivity index (χ1v) is 14.2. The molecule has 0 aliphatic carbocycles. The molecule has 3 aromatic rings. The average Bonchev–Trinajstić information content (AvgIpc) is 3.50. The predicted octanol–water partition coefficient (Wildman–Crippen LogP) is 4.57. The van der Waals surface area contributed by atoms with Crippen LogP contribution in [0, 0.1) is 0 Å². The summed E-state index contributed by atoms with van der Waals surface area (Å²) in [5.74, 6) is -0.337. The van der Waals surface area contributed by atoms with Crippen LogP contribution >= 0.6 is 22.9 Å². The molecule has 1 aliphatic heterocycles. The van der Waals surface area contributed by atoms with Crippen molar-refractivity contribution in [3.8, 4) is 0 Å². The summed E-state index contributed by atoms with van der Waals surface area (Å²) in [6, 6.07) is 5.51. The highest BCUT2D eigenvalue weighted by atomic mass is 35.5. The third-order valence-electron chi connectivity index (χ3n) is 6.58. The molecule has 3 N–H and O–H groups in total. The largest absolute Gasteiger partial charge is 0.462 e. The molecule has 0 spiro atoms. The normalized spacial score (nSPS) is 17.8. The Labute approximate surface area is 226 Å². The number of ether oxygens (including phenoxy) is 1. The maximum absolute atomic E-state index is 13.0. The van der Waals surface area contributed by atoms with Crippen LogP contribution in [0.25, 0.3) is 10.2 Å². The highest BCUT2D eigenvalue weighted by molar-refractivity contribution is 7.22. The third kappa shape index (κ3) is 6.42. The van der Waals surface area contributed by atoms with E-state index in [1.807, 2.05) is 19.1 Å². The summed E-state index contributed by atoms with van der Waals surface area (Å²) in [5, 5.41) is 8.03. The highest BCUT2D eigenvalue weighted by Crippen LogP contribution is 2.33. The van der Waals surface area contributed by atoms with E-state index in [0.717, 1.165) is 59.8 Å². The molecular formula is C26H35ClN6O3S. The van der Waals surface area contributed by atoms with E-state index in [0.29, 0.717) is 30.3 Å². The SMILES string of the molecule is CCCCCN[C@H]1CN(c2nc3cccc(C(=O)OCC)c3s2)CC[C@H]1NC(=O)c1nc(Cl)c(CC)[nH]1. The molecule has 0 bridgehead atoms. The number of anilines is 1. The van der Waals surface area contributed by atoms with Crippen LogP contribution in [0.15, 0.2) is 18.2 Å². The van der Waals surface area contributed by atoms with Crippen LogP contribution < -0.4 is 15.5 Å². The third-order valence-corrected chi connectivity index (χ3v) is 8.06. The molecule has 2 atom stereocenters. The zero-order valence-corrected chi connectivity index (χ0v) is 23.2. The van der Waals surface area contributed by atoms with Crippen LogP contribution in [-0.2, 0) is 11.2 Å². The van der Waals surface area contributed by atoms with E-state index in [9.17, 15) is 9.59 Å². The number of aromatic amines is 1. The van der Waals surface area contributed by atoms with Crippen molar-refractivity contribution in [2.75, 3.05) is 31.1 Å². The van der Waals surface area contributed by atoms with Crippen LogP contribution in [0.3, 0.4) is 0 Å². The summed E-state index contributed by atoms with van der Waals surface area (Å²) in [6.07, 6.45) is 4.79. The quantitative estimate of drug-likeness (QED) is 0.238. The number of carbonyl (C=O) groups is 2. The molecule has 0 unspecified atom stereocenters. The Balaban J connectivity index is 1.51. The van der Waals surface area contributed by atoms with Crippen LogP contribution in [0.5, 0.6) is 0 Å². The average molecular weight is 547 g/mol. The lowest BCUT2D eigenvalue weighted by Crippen LogP contribution is -2.59. The molecule has 2 aromatic heterocycles. The fourth-order valence-corrected chi connectivity index (χ4v) is 5.94. The molecule has 0 saturated carbocycles. The van der Waals surface area contributed by atoms with Gasteiger partial charge in [-0.05, 0) is 44.9 Å². The molecule has 1 aromatic carbocycles. The summed E-state index contributed by atoms with van der Waals surface area (Å²) in [6.45, 7) is 8.56. The predicted molar refractivity (Wildman–Crippen MR) is 148 cm³/mol. The number of amides is 1. The van der Waals surface area contributed by atoms with Gasteiger partial charge in [-0.3, -0.25) is 4.79 Å². The lowest BCUT2D eigenvalue weighted by atomic mass is 9.99. The first-order chi connectivity index (χ1) is 17.9. The minimum atomic E-state index is -0.329. The zero-order chi connectivity index (χ0) is 26.4. The van der Waals surface area contributed by atoms with Crippen molar-refractivity contribution in [2.45, 2.75) is 65.0 Å². The van der Waals surface area contributed by atoms with Crippen molar-refractivity contribution < 1.29 is 14.3 Å². The molecule has 0 radical (unpaired) electrons. The van der Waals surface area contributed by atoms with Gasteiger partial charge in [0, 0.05) is 25.2 Å². The van der Waals surface area contributed by atoms with Gasteiger partial charge in [0.15, 0.2) is 16.1 Å². The van der Waals surface area contributed by atoms with Crippen LogP contribution in [-0.4, -0.2) is 65.2 Å². The number of unbranched alkanes of at least 4 members (excludes halogenated alkanes) is 2. The Morgan fingerprint density at radius 1 is 1.22 bits per heavy atom. The van der Waals surface area contributed by atoms with Crippen molar-refractivity contribution in [1.82, 2.24) is 25.6 Å². The number of piperidine rings is 1. The Bertz CT molecular complexity index is 1230. The Kier molecular flexibility index (Phi) is 9.39. The standard InChI is InChI=1S/C26H35ClN6O3S/c1-4-7-8-13-28-20-15-33(14-12-18(20)30-24(34)23-29-17(5-2)22(27)32-23)26-31-19-11-9-10-16(21(19)37-26)25(35)36-6-3/h9-11,18,20,28H,4-8,12-15H2,1-3H3,(H,29,32)(H,30,34)/t18-,20+/m1/s1. The maximum Gasteiger partial charge on any atom is 0.339 e. The first kappa shape index (κ1) is 27.3. The van der Waals surface area contributed by atoms with Gasteiger partial charge in [-0.2, -0.15) is 0 Å². The minimum Gasteiger partial charge on any atom is -0.462 e. The van der Waals surface area contributed by atoms with E-state index in [1.54, 1.807) is 13.0 Å². The van der Waals surface area contributed by atoms with Crippen LogP contribution in [0.4, 0.5) is 5.13 Å². The number of aromatic nitrogens is 3. The summed E-state index contributed by atoms with van der Waals surface area (Å²) < 4.78 is 6.07. The number of esters is 1. The molecule has 37 heavy (non-hydrogen) atoms. The van der Waals surface area contributed by atoms with Gasteiger partial charge in [0.05, 0.1) is 28.1 Å². The van der Waals surface area contributed by atoms with Crippen molar-refractivity contribution in [3.05, 3.63) is 40.4 Å². The van der Waals surface area contributed by atoms with E-state index in [-0.39, 0.29) is 29.8 Å². The number of thiazole rings is 1. The van der Waals surface area contributed by atoms with Gasteiger partial charge >= 0.3 is 5.97 Å². The van der Waals surface area contributed by atoms with E-state index >= 15 is 0 Å². The number of carbonyl (C=O) groups excluding carboxylic acids is 2. The van der Waals surface area contributed by atoms with Crippen LogP contribution in [0.1, 0.15) is 73.1 Å². The second kappa shape index (κ2) is 12.7. The number of nitrogens with zero attached hydrogens (tertiary/aromatic N) is 3. The first-order valence-electron chi connectivity index (χ1n) is 13.0. The van der Waals surface area contributed by atoms with E-state index in [2.05, 4.69) is 32.4 Å². The summed E-state index contributed by atoms with van der Waals surface area (Å²) in [5.41, 5.74) is 2.09. The second-order valence-electron chi connectivity index (χ2n) is 9.16. The smallest absolute Gasteiger partial charge is 0.339 e. The molecule has 200 valence electrons. The number of benzene rings is 1. The molecule has 1 aliphatic rings. The number of nitrogens with one attached hydrogen (secondary N) is 3. The number of aryl methyl sites for hydroxylation is 1. The van der Waals surface area contributed by atoms with Gasteiger partial charge in [-0.15, -0.1) is 0 Å². The van der Waals surface area contributed by atoms with Gasteiger partial charge in [-0.1, -0.05) is 55.7 Å². The topological polar surface area (TPSA) is 112 Å². The van der Waals surface area contributed by atoms with E-state index < -0.39 is 0 Å². The molecule has 4 rings (SSSR count). The Hall–Kier alpha value is -2.69. The second-order valence-corrected chi connectivity index (χ2v) is 10.5. The van der Waals surface area contributed by atoms with E-state index in [1.165, 1.54) is 11.3 Å². The highest BCUT2D eigenvalue weighted by Gasteiger charge is 2.32. The van der Waals surface area contributed by atoms with Crippen molar-refractivity contribution in [1.29, 1.82) is 0 Å². The van der Waals surface area contributed by atoms with Gasteiger partial charge in [0.25, 0.3) is 5.91 Å². The number of imidazole rings is 1. The van der Waals surface area contributed by atoms with Gasteiger partial charge < -0.3 is 25.3 Å². The van der Waals surface area contributed by atoms with Crippen LogP contribution in [0.2, 0.25) is 5.15 Å². The fraction of sp³-hybridized carbons (Fsp3) is 0.538. The number of hydrogen-bond donors (Lipinski definition) is 3. The summed E-state index contributed by atoms with van der Waals surface area (Å²) in [7, 11) is 0. The van der Waals surface area contributed by atoms with Crippen molar-refractivity contribution in [2.24, 2.45) is 0 Å². The molecule has 1 amide bonds. The molecule has 3 heterocycles. The maximum atomic E-state index is 13.0. The van der Waals surface area contributed by atoms with E-state index in [4.69, 9.17) is 21.3 Å². The monoisotopic (exact) mass is 546 g/mol. The van der Waals surface area contributed by atoms with Gasteiger partial charge in [-0.25, -0.2) is 14.8 Å².